The van der Waals surface area contributed by atoms with Crippen molar-refractivity contribution in [1.29, 1.82) is 0 Å². The van der Waals surface area contributed by atoms with Crippen LogP contribution in [-0.2, 0) is 30.3 Å². The van der Waals surface area contributed by atoms with E-state index in [1.807, 2.05) is 24.3 Å². The Bertz CT molecular complexity index is 2680. The van der Waals surface area contributed by atoms with Gasteiger partial charge in [-0.3, -0.25) is 13.8 Å². The number of rotatable bonds is 9. The number of hydrogen-bond donors (Lipinski definition) is 4. The van der Waals surface area contributed by atoms with E-state index in [-0.39, 0.29) is 114 Å². The maximum absolute atomic E-state index is 13.2. The van der Waals surface area contributed by atoms with Gasteiger partial charge in [-0.25, -0.2) is 8.42 Å². The molecule has 0 aliphatic rings. The van der Waals surface area contributed by atoms with E-state index in [2.05, 4.69) is 25.2 Å². The predicted octanol–water partition coefficient (Wildman–Crippen LogP) is 7.06. The molecule has 4 N–H and O–H groups in total. The summed E-state index contributed by atoms with van der Waals surface area (Å²) in [5, 5.41) is 28.4. The van der Waals surface area contributed by atoms with Crippen molar-refractivity contribution in [2.75, 3.05) is 4.72 Å². The number of phenolic OH excluding ortho intramolecular Hbond substituents is 1. The summed E-state index contributed by atoms with van der Waals surface area (Å²) in [7, 11) is -14.1. The Morgan fingerprint density at radius 2 is 1.16 bits per heavy atom. The molecule has 0 aromatic heterocycles. The minimum absolute atomic E-state index is 0. The number of phenols is 1. The van der Waals surface area contributed by atoms with Crippen molar-refractivity contribution in [2.45, 2.75) is 14.7 Å². The van der Waals surface area contributed by atoms with Gasteiger partial charge in [0.15, 0.2) is 0 Å². The topological polar surface area (TPSA) is 225 Å². The summed E-state index contributed by atoms with van der Waals surface area (Å²) in [4.78, 5) is -1.82. The standard InChI is InChI=1S/C32H23N5O9S3.K.Na/c38-30-15-9-20-4-1-2-7-28(20)32(30)36-34-23-13-11-22(12-14-23)33-35-24-5-3-6-26(17-24)47(39,40)37-25-10-8-21-16-27(48(41,42)43)19-31(29(21)18-25)49(44,45)46;;/h1-19,37-38H,(H,41,42,43)(H,44,45,46);;. The summed E-state index contributed by atoms with van der Waals surface area (Å²) in [5.41, 5.74) is 1.35. The quantitative estimate of drug-likeness (QED) is 0.0668. The number of nitrogens with one attached hydrogen (secondary N) is 1. The van der Waals surface area contributed by atoms with Crippen LogP contribution in [0.15, 0.2) is 150 Å². The van der Waals surface area contributed by atoms with Crippen LogP contribution < -0.4 is 4.72 Å². The fraction of sp³-hybridized carbons (Fsp3) is 0. The van der Waals surface area contributed by atoms with Gasteiger partial charge in [-0.05, 0) is 83.6 Å². The SMILES string of the molecule is O=S(=O)(O)c1cc(S(=O)(=O)O)c2cc(NS(=O)(=O)c3cccc(N=Nc4ccc(N=Nc5c(O)ccc6ccccc56)cc4)c3)ccc2c1.[K].[Na]. The zero-order chi connectivity index (χ0) is 35.0. The Labute approximate surface area is 357 Å². The predicted molar refractivity (Wildman–Crippen MR) is 193 cm³/mol. The van der Waals surface area contributed by atoms with Crippen LogP contribution in [0.4, 0.5) is 28.4 Å². The van der Waals surface area contributed by atoms with E-state index in [1.165, 1.54) is 36.4 Å². The van der Waals surface area contributed by atoms with Gasteiger partial charge in [0.2, 0.25) is 0 Å². The molecule has 250 valence electrons. The number of aromatic hydroxyl groups is 1. The molecular weight excluding hydrogens is 757 g/mol. The number of azo groups is 2. The van der Waals surface area contributed by atoms with Crippen LogP contribution in [0.2, 0.25) is 0 Å². The number of benzene rings is 6. The monoisotopic (exact) mass is 779 g/mol. The van der Waals surface area contributed by atoms with Crippen LogP contribution in [-0.4, -0.2) is 120 Å². The first-order valence-electron chi connectivity index (χ1n) is 14.0. The zero-order valence-corrected chi connectivity index (χ0v) is 34.3. The Morgan fingerprint density at radius 3 is 1.82 bits per heavy atom. The van der Waals surface area contributed by atoms with Crippen molar-refractivity contribution in [3.63, 3.8) is 0 Å². The molecule has 0 heterocycles. The van der Waals surface area contributed by atoms with Gasteiger partial charge in [-0.15, -0.1) is 5.11 Å². The number of hydrogen-bond acceptors (Lipinski definition) is 11. The van der Waals surface area contributed by atoms with E-state index >= 15 is 0 Å². The first-order valence-corrected chi connectivity index (χ1v) is 18.3. The van der Waals surface area contributed by atoms with Crippen molar-refractivity contribution in [3.8, 4) is 5.75 Å². The third kappa shape index (κ3) is 9.73. The summed E-state index contributed by atoms with van der Waals surface area (Å²) in [6.45, 7) is 0. The third-order valence-corrected chi connectivity index (χ3v) is 10.2. The summed E-state index contributed by atoms with van der Waals surface area (Å²) in [6, 6.07) is 28.0. The molecule has 19 heteroatoms. The Balaban J connectivity index is 0.00000292. The summed E-state index contributed by atoms with van der Waals surface area (Å²) in [6.07, 6.45) is 0. The molecule has 0 aliphatic carbocycles. The van der Waals surface area contributed by atoms with Crippen molar-refractivity contribution in [3.05, 3.63) is 115 Å². The van der Waals surface area contributed by atoms with Crippen LogP contribution >= 0.6 is 0 Å². The third-order valence-electron chi connectivity index (χ3n) is 7.12. The van der Waals surface area contributed by atoms with Gasteiger partial charge in [-0.2, -0.15) is 32.2 Å². The molecule has 0 fully saturated rings. The molecule has 0 amide bonds. The van der Waals surface area contributed by atoms with Crippen LogP contribution in [0.25, 0.3) is 21.5 Å². The van der Waals surface area contributed by atoms with Crippen molar-refractivity contribution in [1.82, 2.24) is 0 Å². The molecule has 0 bridgehead atoms. The molecule has 0 saturated carbocycles. The van der Waals surface area contributed by atoms with Gasteiger partial charge < -0.3 is 5.11 Å². The van der Waals surface area contributed by atoms with Crippen molar-refractivity contribution in [2.24, 2.45) is 20.5 Å². The second-order valence-electron chi connectivity index (χ2n) is 10.5. The number of nitrogens with zero attached hydrogens (tertiary/aromatic N) is 4. The van der Waals surface area contributed by atoms with Gasteiger partial charge in [0.05, 0.1) is 26.9 Å². The van der Waals surface area contributed by atoms with E-state index in [4.69, 9.17) is 0 Å². The van der Waals surface area contributed by atoms with Gasteiger partial charge in [0.1, 0.15) is 16.3 Å². The van der Waals surface area contributed by atoms with Crippen LogP contribution in [0, 0.1) is 0 Å². The van der Waals surface area contributed by atoms with Crippen LogP contribution in [0.5, 0.6) is 5.75 Å². The van der Waals surface area contributed by atoms with E-state index in [1.54, 1.807) is 36.4 Å². The molecule has 6 rings (SSSR count). The molecule has 14 nitrogen and oxygen atoms in total. The molecule has 2 radical (unpaired) electrons. The van der Waals surface area contributed by atoms with Crippen molar-refractivity contribution < 1.29 is 39.5 Å². The number of fused-ring (bicyclic) bond motifs is 2. The summed E-state index contributed by atoms with van der Waals surface area (Å²) in [5.74, 6) is -0.00673. The Hall–Kier alpha value is -2.95. The fourth-order valence-corrected chi connectivity index (χ4v) is 7.24. The van der Waals surface area contributed by atoms with E-state index < -0.39 is 40.1 Å². The first-order chi connectivity index (χ1) is 23.2. The van der Waals surface area contributed by atoms with Gasteiger partial charge in [0.25, 0.3) is 30.3 Å². The molecule has 51 heavy (non-hydrogen) atoms. The van der Waals surface area contributed by atoms with E-state index in [0.29, 0.717) is 23.1 Å². The Kier molecular flexibility index (Phi) is 13.1. The molecule has 0 atom stereocenters. The molecular formula is C32H23KN5NaO9S3. The maximum Gasteiger partial charge on any atom is 0.295 e. The molecule has 0 saturated heterocycles. The number of anilines is 1. The van der Waals surface area contributed by atoms with Gasteiger partial charge >= 0.3 is 0 Å². The largest absolute Gasteiger partial charge is 0.506 e. The van der Waals surface area contributed by atoms with Gasteiger partial charge in [0, 0.05) is 97.4 Å². The summed E-state index contributed by atoms with van der Waals surface area (Å²) >= 11 is 0. The smallest absolute Gasteiger partial charge is 0.295 e. The van der Waals surface area contributed by atoms with Crippen molar-refractivity contribution >= 4 is 161 Å². The second-order valence-corrected chi connectivity index (χ2v) is 15.0. The van der Waals surface area contributed by atoms with Crippen LogP contribution in [0.3, 0.4) is 0 Å². The average molecular weight is 780 g/mol. The minimum atomic E-state index is -4.98. The molecule has 0 aliphatic heterocycles. The zero-order valence-electron chi connectivity index (χ0n) is 26.8. The van der Waals surface area contributed by atoms with E-state index in [9.17, 15) is 39.5 Å². The number of sulfonamides is 1. The Morgan fingerprint density at radius 1 is 0.529 bits per heavy atom. The molecule has 0 spiro atoms. The van der Waals surface area contributed by atoms with Crippen LogP contribution in [0.1, 0.15) is 0 Å². The van der Waals surface area contributed by atoms with Gasteiger partial charge in [-0.1, -0.05) is 42.5 Å². The normalized spacial score (nSPS) is 12.2. The van der Waals surface area contributed by atoms with E-state index in [0.717, 1.165) is 22.9 Å². The minimum Gasteiger partial charge on any atom is -0.506 e. The first kappa shape index (κ1) is 40.8. The molecule has 6 aromatic rings. The fourth-order valence-electron chi connectivity index (χ4n) is 4.81. The summed E-state index contributed by atoms with van der Waals surface area (Å²) < 4.78 is 95.0. The average Bonchev–Trinajstić information content (AvgIpc) is 3.06. The molecule has 6 aromatic carbocycles. The molecule has 0 unspecified atom stereocenters. The maximum atomic E-state index is 13.2. The second kappa shape index (κ2) is 16.4.